The molecule has 156 valence electrons. The fourth-order valence-electron chi connectivity index (χ4n) is 2.85. The van der Waals surface area contributed by atoms with Crippen LogP contribution in [0.5, 0.6) is 0 Å². The molecule has 1 amide bonds. The van der Waals surface area contributed by atoms with E-state index in [2.05, 4.69) is 10.3 Å². The second kappa shape index (κ2) is 8.62. The van der Waals surface area contributed by atoms with E-state index >= 15 is 0 Å². The van der Waals surface area contributed by atoms with Gasteiger partial charge in [0.15, 0.2) is 5.16 Å². The number of fused-ring (bicyclic) bond motifs is 1. The quantitative estimate of drug-likeness (QED) is 0.273. The summed E-state index contributed by atoms with van der Waals surface area (Å²) < 4.78 is 15.0. The van der Waals surface area contributed by atoms with Gasteiger partial charge in [-0.3, -0.25) is 24.3 Å². The van der Waals surface area contributed by atoms with Crippen molar-refractivity contribution in [1.82, 2.24) is 9.55 Å². The number of carbonyl (C=O) groups is 1. The maximum absolute atomic E-state index is 13.5. The Morgan fingerprint density at radius 1 is 1.23 bits per heavy atom. The van der Waals surface area contributed by atoms with E-state index in [4.69, 9.17) is 0 Å². The lowest BCUT2D eigenvalue weighted by Gasteiger charge is -2.18. The number of nitrogens with zero attached hydrogens (tertiary/aromatic N) is 3. The predicted octanol–water partition coefficient (Wildman–Crippen LogP) is 4.14. The number of anilines is 1. The number of nitro groups is 1. The average Bonchev–Trinajstić information content (AvgIpc) is 2.69. The molecule has 1 heterocycles. The van der Waals surface area contributed by atoms with Crippen molar-refractivity contribution in [3.8, 4) is 0 Å². The molecule has 1 atom stereocenters. The normalized spacial score (nSPS) is 12.2. The van der Waals surface area contributed by atoms with Gasteiger partial charge in [-0.1, -0.05) is 23.9 Å². The van der Waals surface area contributed by atoms with Crippen LogP contribution in [0.15, 0.2) is 52.4 Å². The third-order valence-electron chi connectivity index (χ3n) is 4.35. The first-order chi connectivity index (χ1) is 14.2. The molecule has 0 aliphatic carbocycles. The average molecular weight is 430 g/mol. The summed E-state index contributed by atoms with van der Waals surface area (Å²) in [5, 5.41) is 13.6. The van der Waals surface area contributed by atoms with Gasteiger partial charge in [-0.25, -0.2) is 4.98 Å². The van der Waals surface area contributed by atoms with Gasteiger partial charge in [0.1, 0.15) is 0 Å². The molecule has 0 saturated carbocycles. The number of thioether (sulfide) groups is 1. The van der Waals surface area contributed by atoms with Gasteiger partial charge in [-0.15, -0.1) is 0 Å². The number of halogens is 1. The number of benzene rings is 2. The lowest BCUT2D eigenvalue weighted by molar-refractivity contribution is -0.387. The van der Waals surface area contributed by atoms with E-state index in [9.17, 15) is 24.1 Å². The van der Waals surface area contributed by atoms with Gasteiger partial charge in [0.2, 0.25) is 11.7 Å². The molecule has 0 radical (unpaired) electrons. The lowest BCUT2D eigenvalue weighted by atomic mass is 10.2. The monoisotopic (exact) mass is 430 g/mol. The number of hydrogen-bond donors (Lipinski definition) is 1. The standard InChI is InChI=1S/C20H19FN4O4S/c1-11(2)24-19(27)14-6-4-5-7-16(14)23-20(24)30-12(3)18(26)22-13-8-9-15(21)17(10-13)25(28)29/h4-12H,1-3H3,(H,22,26). The summed E-state index contributed by atoms with van der Waals surface area (Å²) in [5.41, 5.74) is -0.283. The van der Waals surface area contributed by atoms with Crippen molar-refractivity contribution in [2.45, 2.75) is 37.2 Å². The van der Waals surface area contributed by atoms with Gasteiger partial charge in [0, 0.05) is 17.8 Å². The minimum atomic E-state index is -0.985. The molecule has 30 heavy (non-hydrogen) atoms. The molecule has 1 aromatic heterocycles. The largest absolute Gasteiger partial charge is 0.325 e. The van der Waals surface area contributed by atoms with E-state index in [-0.39, 0.29) is 17.3 Å². The molecular formula is C20H19FN4O4S. The van der Waals surface area contributed by atoms with Crippen LogP contribution < -0.4 is 10.9 Å². The van der Waals surface area contributed by atoms with Crippen molar-refractivity contribution >= 4 is 39.9 Å². The first kappa shape index (κ1) is 21.4. The molecule has 0 bridgehead atoms. The summed E-state index contributed by atoms with van der Waals surface area (Å²) in [6.07, 6.45) is 0. The third-order valence-corrected chi connectivity index (χ3v) is 5.42. The van der Waals surface area contributed by atoms with Crippen molar-refractivity contribution in [2.24, 2.45) is 0 Å². The molecule has 0 saturated heterocycles. The molecule has 3 rings (SSSR count). The van der Waals surface area contributed by atoms with E-state index < -0.39 is 27.6 Å². The molecule has 1 unspecified atom stereocenters. The number of nitrogens with one attached hydrogen (secondary N) is 1. The van der Waals surface area contributed by atoms with Crippen LogP contribution >= 0.6 is 11.8 Å². The number of rotatable bonds is 6. The molecule has 2 aromatic carbocycles. The van der Waals surface area contributed by atoms with Crippen LogP contribution in [0, 0.1) is 15.9 Å². The summed E-state index contributed by atoms with van der Waals surface area (Å²) >= 11 is 1.10. The highest BCUT2D eigenvalue weighted by Gasteiger charge is 2.22. The van der Waals surface area contributed by atoms with Gasteiger partial charge in [0.25, 0.3) is 5.56 Å². The second-order valence-corrected chi connectivity index (χ2v) is 8.16. The molecular weight excluding hydrogens is 411 g/mol. The zero-order chi connectivity index (χ0) is 22.0. The summed E-state index contributed by atoms with van der Waals surface area (Å²) in [5.74, 6) is -1.44. The van der Waals surface area contributed by atoms with Crippen LogP contribution in [-0.2, 0) is 4.79 Å². The number of aromatic nitrogens is 2. The Labute approximate surface area is 175 Å². The Bertz CT molecular complexity index is 1200. The number of para-hydroxylation sites is 1. The van der Waals surface area contributed by atoms with Crippen molar-refractivity contribution < 1.29 is 14.1 Å². The van der Waals surface area contributed by atoms with Gasteiger partial charge in [-0.2, -0.15) is 4.39 Å². The summed E-state index contributed by atoms with van der Waals surface area (Å²) in [6, 6.07) is 9.93. The maximum Gasteiger partial charge on any atom is 0.306 e. The molecule has 1 N–H and O–H groups in total. The Hall–Kier alpha value is -3.27. The third kappa shape index (κ3) is 4.33. The summed E-state index contributed by atoms with van der Waals surface area (Å²) in [6.45, 7) is 5.33. The summed E-state index contributed by atoms with van der Waals surface area (Å²) in [4.78, 5) is 40.0. The van der Waals surface area contributed by atoms with E-state index in [1.807, 2.05) is 13.8 Å². The first-order valence-corrected chi connectivity index (χ1v) is 9.99. The van der Waals surface area contributed by atoms with Crippen molar-refractivity contribution in [3.63, 3.8) is 0 Å². The van der Waals surface area contributed by atoms with Gasteiger partial charge in [0.05, 0.1) is 21.1 Å². The van der Waals surface area contributed by atoms with Crippen LogP contribution in [-0.4, -0.2) is 25.6 Å². The van der Waals surface area contributed by atoms with Gasteiger partial charge < -0.3 is 5.32 Å². The SMILES string of the molecule is CC(Sc1nc2ccccc2c(=O)n1C(C)C)C(=O)Nc1ccc(F)c([N+](=O)[O-])c1. The highest BCUT2D eigenvalue weighted by molar-refractivity contribution is 8.00. The Balaban J connectivity index is 1.88. The van der Waals surface area contributed by atoms with E-state index in [0.29, 0.717) is 16.1 Å². The molecule has 10 heteroatoms. The van der Waals surface area contributed by atoms with Crippen molar-refractivity contribution in [2.75, 3.05) is 5.32 Å². The first-order valence-electron chi connectivity index (χ1n) is 9.11. The molecule has 0 fully saturated rings. The number of nitro benzene ring substituents is 1. The van der Waals surface area contributed by atoms with Crippen LogP contribution in [0.3, 0.4) is 0 Å². The highest BCUT2D eigenvalue weighted by atomic mass is 32.2. The minimum absolute atomic E-state index is 0.105. The van der Waals surface area contributed by atoms with Gasteiger partial charge in [-0.05, 0) is 45.0 Å². The molecule has 8 nitrogen and oxygen atoms in total. The topological polar surface area (TPSA) is 107 Å². The van der Waals surface area contributed by atoms with Crippen LogP contribution in [0.25, 0.3) is 10.9 Å². The zero-order valence-electron chi connectivity index (χ0n) is 16.5. The van der Waals surface area contributed by atoms with E-state index in [1.54, 1.807) is 31.2 Å². The molecule has 0 aliphatic rings. The van der Waals surface area contributed by atoms with Crippen molar-refractivity contribution in [3.05, 3.63) is 68.7 Å². The van der Waals surface area contributed by atoms with E-state index in [1.165, 1.54) is 10.6 Å². The van der Waals surface area contributed by atoms with Crippen LogP contribution in [0.1, 0.15) is 26.8 Å². The maximum atomic E-state index is 13.5. The summed E-state index contributed by atoms with van der Waals surface area (Å²) in [7, 11) is 0. The van der Waals surface area contributed by atoms with E-state index in [0.717, 1.165) is 23.9 Å². The highest BCUT2D eigenvalue weighted by Crippen LogP contribution is 2.27. The Kier molecular flexibility index (Phi) is 6.16. The fraction of sp³-hybridized carbons (Fsp3) is 0.250. The molecule has 0 aliphatic heterocycles. The smallest absolute Gasteiger partial charge is 0.306 e. The predicted molar refractivity (Wildman–Crippen MR) is 113 cm³/mol. The second-order valence-electron chi connectivity index (χ2n) is 6.85. The number of carbonyl (C=O) groups excluding carboxylic acids is 1. The lowest BCUT2D eigenvalue weighted by Crippen LogP contribution is -2.28. The molecule has 3 aromatic rings. The van der Waals surface area contributed by atoms with Crippen molar-refractivity contribution in [1.29, 1.82) is 0 Å². The van der Waals surface area contributed by atoms with Gasteiger partial charge >= 0.3 is 5.69 Å². The Morgan fingerprint density at radius 2 is 1.93 bits per heavy atom. The number of hydrogen-bond acceptors (Lipinski definition) is 6. The van der Waals surface area contributed by atoms with Crippen LogP contribution in [0.4, 0.5) is 15.8 Å². The Morgan fingerprint density at radius 3 is 2.60 bits per heavy atom. The zero-order valence-corrected chi connectivity index (χ0v) is 17.3. The minimum Gasteiger partial charge on any atom is -0.325 e. The number of amides is 1. The fourth-order valence-corrected chi connectivity index (χ4v) is 3.89. The van der Waals surface area contributed by atoms with Crippen LogP contribution in [0.2, 0.25) is 0 Å². The molecule has 0 spiro atoms.